The van der Waals surface area contributed by atoms with Crippen LogP contribution < -0.4 is 0 Å². The van der Waals surface area contributed by atoms with Gasteiger partial charge in [0.05, 0.1) is 5.70 Å². The number of hydrogen-bond donors (Lipinski definition) is 0. The van der Waals surface area contributed by atoms with Gasteiger partial charge in [0, 0.05) is 13.2 Å². The van der Waals surface area contributed by atoms with Crippen LogP contribution >= 0.6 is 0 Å². The fraction of sp³-hybridized carbons (Fsp3) is 0.214. The summed E-state index contributed by atoms with van der Waals surface area (Å²) >= 11 is 0. The van der Waals surface area contributed by atoms with Gasteiger partial charge >= 0.3 is 0 Å². The van der Waals surface area contributed by atoms with E-state index in [1.54, 1.807) is 0 Å². The molecule has 1 aliphatic carbocycles. The fourth-order valence-corrected chi connectivity index (χ4v) is 1.76. The first kappa shape index (κ1) is 10.7. The fourth-order valence-electron chi connectivity index (χ4n) is 1.76. The average molecular weight is 212 g/mol. The number of aliphatic imine (C=N–C) groups is 1. The summed E-state index contributed by atoms with van der Waals surface area (Å²) in [5.41, 5.74) is 2.06. The van der Waals surface area contributed by atoms with Crippen molar-refractivity contribution in [3.63, 3.8) is 0 Å². The third kappa shape index (κ3) is 2.40. The molecule has 0 saturated heterocycles. The molecule has 0 aromatic carbocycles. The maximum Gasteiger partial charge on any atom is 0.136 e. The number of nitrogens with zero attached hydrogens (tertiary/aromatic N) is 2. The van der Waals surface area contributed by atoms with Crippen LogP contribution in [0.4, 0.5) is 0 Å². The first-order valence-electron chi connectivity index (χ1n) is 5.49. The second-order valence-corrected chi connectivity index (χ2v) is 3.90. The second-order valence-electron chi connectivity index (χ2n) is 3.90. The quantitative estimate of drug-likeness (QED) is 0.651. The van der Waals surface area contributed by atoms with Crippen LogP contribution in [-0.4, -0.2) is 17.8 Å². The number of rotatable bonds is 1. The molecule has 0 saturated carbocycles. The van der Waals surface area contributed by atoms with Crippen molar-refractivity contribution < 1.29 is 0 Å². The lowest BCUT2D eigenvalue weighted by molar-refractivity contribution is 0.679. The number of allylic oxidation sites excluding steroid dienone is 6. The zero-order valence-electron chi connectivity index (χ0n) is 9.56. The third-order valence-electron chi connectivity index (χ3n) is 2.59. The molecule has 82 valence electrons. The molecule has 0 bridgehead atoms. The molecule has 2 aliphatic rings. The summed E-state index contributed by atoms with van der Waals surface area (Å²) in [5.74, 6) is 0.995. The number of amidine groups is 1. The highest BCUT2D eigenvalue weighted by Crippen LogP contribution is 2.18. The molecule has 0 unspecified atom stereocenters. The maximum atomic E-state index is 4.55. The van der Waals surface area contributed by atoms with Crippen LogP contribution in [0.15, 0.2) is 65.5 Å². The van der Waals surface area contributed by atoms with Crippen molar-refractivity contribution in [2.24, 2.45) is 4.99 Å². The lowest BCUT2D eigenvalue weighted by atomic mass is 10.0. The maximum absolute atomic E-state index is 4.55. The topological polar surface area (TPSA) is 15.6 Å². The molecule has 1 heterocycles. The van der Waals surface area contributed by atoms with Crippen LogP contribution in [0, 0.1) is 0 Å². The van der Waals surface area contributed by atoms with Gasteiger partial charge in [-0.1, -0.05) is 30.9 Å². The minimum atomic E-state index is 0.793. The molecule has 16 heavy (non-hydrogen) atoms. The highest BCUT2D eigenvalue weighted by Gasteiger charge is 2.12. The van der Waals surface area contributed by atoms with Crippen LogP contribution in [0.5, 0.6) is 0 Å². The van der Waals surface area contributed by atoms with Gasteiger partial charge in [0.25, 0.3) is 0 Å². The summed E-state index contributed by atoms with van der Waals surface area (Å²) in [7, 11) is 2.01. The van der Waals surface area contributed by atoms with Crippen LogP contribution in [-0.2, 0) is 0 Å². The highest BCUT2D eigenvalue weighted by atomic mass is 15.1. The molecule has 0 aromatic heterocycles. The Bertz CT molecular complexity index is 434. The van der Waals surface area contributed by atoms with Crippen molar-refractivity contribution in [3.8, 4) is 0 Å². The highest BCUT2D eigenvalue weighted by molar-refractivity contribution is 6.00. The molecule has 0 N–H and O–H groups in total. The van der Waals surface area contributed by atoms with Gasteiger partial charge in [-0.3, -0.25) is 0 Å². The average Bonchev–Trinajstić information content (AvgIpc) is 2.30. The zero-order chi connectivity index (χ0) is 11.4. The van der Waals surface area contributed by atoms with Gasteiger partial charge < -0.3 is 4.90 Å². The third-order valence-corrected chi connectivity index (χ3v) is 2.59. The van der Waals surface area contributed by atoms with E-state index >= 15 is 0 Å². The van der Waals surface area contributed by atoms with E-state index in [0.717, 1.165) is 24.4 Å². The summed E-state index contributed by atoms with van der Waals surface area (Å²) < 4.78 is 0. The van der Waals surface area contributed by atoms with E-state index in [-0.39, 0.29) is 0 Å². The minimum Gasteiger partial charge on any atom is -0.336 e. The Labute approximate surface area is 96.7 Å². The van der Waals surface area contributed by atoms with Crippen molar-refractivity contribution in [2.45, 2.75) is 12.8 Å². The Morgan fingerprint density at radius 3 is 2.94 bits per heavy atom. The predicted molar refractivity (Wildman–Crippen MR) is 69.1 cm³/mol. The molecule has 0 fully saturated rings. The normalized spacial score (nSPS) is 24.3. The van der Waals surface area contributed by atoms with Gasteiger partial charge in [-0.05, 0) is 30.6 Å². The van der Waals surface area contributed by atoms with Gasteiger partial charge in [-0.25, -0.2) is 4.99 Å². The van der Waals surface area contributed by atoms with Gasteiger partial charge in [-0.15, -0.1) is 0 Å². The monoisotopic (exact) mass is 212 g/mol. The van der Waals surface area contributed by atoms with Crippen molar-refractivity contribution in [1.82, 2.24) is 4.90 Å². The summed E-state index contributed by atoms with van der Waals surface area (Å²) in [6.45, 7) is 3.92. The van der Waals surface area contributed by atoms with Gasteiger partial charge in [0.15, 0.2) is 0 Å². The molecular formula is C14H16N2. The van der Waals surface area contributed by atoms with Gasteiger partial charge in [0.1, 0.15) is 5.84 Å². The van der Waals surface area contributed by atoms with Crippen LogP contribution in [0.2, 0.25) is 0 Å². The first-order chi connectivity index (χ1) is 7.77. The molecule has 2 rings (SSSR count). The molecule has 0 aromatic rings. The van der Waals surface area contributed by atoms with Crippen molar-refractivity contribution >= 4 is 5.84 Å². The van der Waals surface area contributed by atoms with E-state index in [9.17, 15) is 0 Å². The molecule has 0 atom stereocenters. The van der Waals surface area contributed by atoms with Crippen LogP contribution in [0.3, 0.4) is 0 Å². The van der Waals surface area contributed by atoms with E-state index in [2.05, 4.69) is 29.8 Å². The Kier molecular flexibility index (Phi) is 3.20. The van der Waals surface area contributed by atoms with Crippen LogP contribution in [0.1, 0.15) is 12.8 Å². The smallest absolute Gasteiger partial charge is 0.136 e. The van der Waals surface area contributed by atoms with Crippen molar-refractivity contribution in [2.75, 3.05) is 7.05 Å². The Morgan fingerprint density at radius 1 is 1.31 bits per heavy atom. The summed E-state index contributed by atoms with van der Waals surface area (Å²) in [5, 5.41) is 0. The summed E-state index contributed by atoms with van der Waals surface area (Å²) in [4.78, 5) is 6.59. The molecule has 1 aliphatic heterocycles. The lowest BCUT2D eigenvalue weighted by Crippen LogP contribution is -2.24. The first-order valence-corrected chi connectivity index (χ1v) is 5.49. The molecule has 0 spiro atoms. The van der Waals surface area contributed by atoms with E-state index in [4.69, 9.17) is 0 Å². The second kappa shape index (κ2) is 4.79. The van der Waals surface area contributed by atoms with E-state index < -0.39 is 0 Å². The molecular weight excluding hydrogens is 196 g/mol. The predicted octanol–water partition coefficient (Wildman–Crippen LogP) is 3.19. The molecule has 0 amide bonds. The number of likely N-dealkylation sites (N-methyl/N-ethyl adjacent to an activating group) is 1. The zero-order valence-corrected chi connectivity index (χ0v) is 9.56. The molecule has 2 heteroatoms. The van der Waals surface area contributed by atoms with E-state index in [0.29, 0.717) is 0 Å². The lowest BCUT2D eigenvalue weighted by Gasteiger charge is -2.21. The standard InChI is InChI=1S/C14H16N2/c1-12-8-6-7-11-16(2)14(15-12)13-9-4-3-5-10-13/h3-4,6-9,11H,1,5,10H2,2H3/b8-6-,11-7-,15-14?. The van der Waals surface area contributed by atoms with Crippen molar-refractivity contribution in [1.29, 1.82) is 0 Å². The molecule has 2 nitrogen and oxygen atoms in total. The van der Waals surface area contributed by atoms with Gasteiger partial charge in [-0.2, -0.15) is 0 Å². The Morgan fingerprint density at radius 2 is 2.19 bits per heavy atom. The van der Waals surface area contributed by atoms with Gasteiger partial charge in [0.2, 0.25) is 0 Å². The number of hydrogen-bond acceptors (Lipinski definition) is 2. The van der Waals surface area contributed by atoms with E-state index in [1.807, 2.05) is 36.4 Å². The summed E-state index contributed by atoms with van der Waals surface area (Å²) in [6, 6.07) is 0. The summed E-state index contributed by atoms with van der Waals surface area (Å²) in [6.07, 6.45) is 16.4. The minimum absolute atomic E-state index is 0.793. The Balaban J connectivity index is 2.36. The SMILES string of the molecule is C=C1/C=C\C=C/N(C)C(C2=CC=CCC2)=N1. The van der Waals surface area contributed by atoms with Crippen LogP contribution in [0.25, 0.3) is 0 Å². The largest absolute Gasteiger partial charge is 0.336 e. The molecule has 0 radical (unpaired) electrons. The van der Waals surface area contributed by atoms with Crippen molar-refractivity contribution in [3.05, 3.63) is 60.5 Å². The van der Waals surface area contributed by atoms with E-state index in [1.165, 1.54) is 5.57 Å². The Hall–Kier alpha value is -1.83.